The Balaban J connectivity index is 1.37. The third kappa shape index (κ3) is 5.52. The van der Waals surface area contributed by atoms with Gasteiger partial charge in [-0.2, -0.15) is 9.61 Å². The molecule has 1 amide bonds. The average molecular weight is 481 g/mol. The van der Waals surface area contributed by atoms with Gasteiger partial charge in [0.1, 0.15) is 10.8 Å². The van der Waals surface area contributed by atoms with Gasteiger partial charge >= 0.3 is 0 Å². The van der Waals surface area contributed by atoms with E-state index in [2.05, 4.69) is 39.8 Å². The molecule has 2 aromatic heterocycles. The van der Waals surface area contributed by atoms with E-state index in [-0.39, 0.29) is 11.0 Å². The Bertz CT molecular complexity index is 1280. The van der Waals surface area contributed by atoms with Crippen LogP contribution in [0, 0.1) is 5.92 Å². The van der Waals surface area contributed by atoms with Crippen LogP contribution < -0.4 is 15.4 Å². The molecule has 0 atom stereocenters. The molecule has 0 saturated heterocycles. The van der Waals surface area contributed by atoms with E-state index in [1.54, 1.807) is 22.7 Å². The average Bonchev–Trinajstić information content (AvgIpc) is 3.39. The zero-order valence-corrected chi connectivity index (χ0v) is 20.2. The first-order valence-corrected chi connectivity index (χ1v) is 11.8. The van der Waals surface area contributed by atoms with Gasteiger partial charge in [-0.1, -0.05) is 38.2 Å². The van der Waals surface area contributed by atoms with Crippen molar-refractivity contribution in [1.29, 1.82) is 0 Å². The van der Waals surface area contributed by atoms with Crippen molar-refractivity contribution < 1.29 is 9.53 Å². The molecule has 2 aromatic carbocycles. The molecular formula is C23H24N6O2S2. The largest absolute Gasteiger partial charge is 0.493 e. The number of fused-ring (bicyclic) bond motifs is 1. The highest BCUT2D eigenvalue weighted by Gasteiger charge is 2.13. The van der Waals surface area contributed by atoms with Crippen LogP contribution in [-0.2, 0) is 6.42 Å². The Morgan fingerprint density at radius 1 is 1.18 bits per heavy atom. The van der Waals surface area contributed by atoms with Crippen molar-refractivity contribution in [2.24, 2.45) is 5.92 Å². The Kier molecular flexibility index (Phi) is 6.95. The standard InChI is InChI=1S/C23H24N6O2S2/c1-4-19-26-27-23-29(19)28-21(33-23)15-8-10-17(11-9-15)24-22(32)25-20(30)16-6-5-7-18(12-16)31-13-14(2)3/h5-12,14H,4,13H2,1-3H3,(H2,24,25,30,32). The van der Waals surface area contributed by atoms with Gasteiger partial charge in [0, 0.05) is 23.2 Å². The molecule has 0 aliphatic carbocycles. The Labute approximate surface area is 201 Å². The van der Waals surface area contributed by atoms with E-state index in [1.807, 2.05) is 37.3 Å². The van der Waals surface area contributed by atoms with Crippen LogP contribution in [0.5, 0.6) is 5.75 Å². The number of aromatic nitrogens is 4. The number of benzene rings is 2. The number of ether oxygens (including phenoxy) is 1. The van der Waals surface area contributed by atoms with Crippen LogP contribution in [-0.4, -0.2) is 37.4 Å². The first kappa shape index (κ1) is 22.8. The van der Waals surface area contributed by atoms with Crippen molar-refractivity contribution in [3.05, 3.63) is 59.9 Å². The Morgan fingerprint density at radius 2 is 1.97 bits per heavy atom. The topological polar surface area (TPSA) is 93.4 Å². The second kappa shape index (κ2) is 10.1. The minimum atomic E-state index is -0.300. The fraction of sp³-hybridized carbons (Fsp3) is 0.261. The lowest BCUT2D eigenvalue weighted by Crippen LogP contribution is -2.34. The summed E-state index contributed by atoms with van der Waals surface area (Å²) in [6.07, 6.45) is 0.769. The van der Waals surface area contributed by atoms with Gasteiger partial charge in [0.15, 0.2) is 10.9 Å². The first-order valence-electron chi connectivity index (χ1n) is 10.6. The number of anilines is 1. The van der Waals surface area contributed by atoms with Crippen LogP contribution in [0.3, 0.4) is 0 Å². The third-order valence-corrected chi connectivity index (χ3v) is 5.82. The highest BCUT2D eigenvalue weighted by atomic mass is 32.1. The molecule has 10 heteroatoms. The quantitative estimate of drug-likeness (QED) is 0.374. The fourth-order valence-corrected chi connectivity index (χ4v) is 4.09. The summed E-state index contributed by atoms with van der Waals surface area (Å²) in [4.78, 5) is 13.3. The predicted molar refractivity (Wildman–Crippen MR) is 134 cm³/mol. The number of aryl methyl sites for hydroxylation is 1. The number of carbonyl (C=O) groups is 1. The van der Waals surface area contributed by atoms with Crippen molar-refractivity contribution in [3.8, 4) is 16.3 Å². The number of amides is 1. The number of nitrogens with one attached hydrogen (secondary N) is 2. The lowest BCUT2D eigenvalue weighted by molar-refractivity contribution is 0.0977. The van der Waals surface area contributed by atoms with Gasteiger partial charge < -0.3 is 10.1 Å². The van der Waals surface area contributed by atoms with Gasteiger partial charge in [-0.25, -0.2) is 0 Å². The second-order valence-corrected chi connectivity index (χ2v) is 9.15. The molecule has 4 rings (SSSR count). The Hall–Kier alpha value is -3.37. The van der Waals surface area contributed by atoms with Crippen molar-refractivity contribution in [2.45, 2.75) is 27.2 Å². The van der Waals surface area contributed by atoms with E-state index in [1.165, 1.54) is 11.3 Å². The van der Waals surface area contributed by atoms with Gasteiger partial charge in [-0.05, 0) is 60.6 Å². The molecule has 0 unspecified atom stereocenters. The van der Waals surface area contributed by atoms with Gasteiger partial charge in [0.25, 0.3) is 5.91 Å². The summed E-state index contributed by atoms with van der Waals surface area (Å²) >= 11 is 6.80. The van der Waals surface area contributed by atoms with Gasteiger partial charge in [-0.3, -0.25) is 10.1 Å². The molecule has 0 fully saturated rings. The van der Waals surface area contributed by atoms with E-state index < -0.39 is 0 Å². The number of nitrogens with zero attached hydrogens (tertiary/aromatic N) is 4. The molecule has 0 saturated carbocycles. The molecule has 4 aromatic rings. The van der Waals surface area contributed by atoms with Crippen molar-refractivity contribution in [2.75, 3.05) is 11.9 Å². The number of rotatable bonds is 7. The maximum absolute atomic E-state index is 12.6. The first-order chi connectivity index (χ1) is 15.9. The van der Waals surface area contributed by atoms with Crippen LogP contribution >= 0.6 is 23.6 Å². The highest BCUT2D eigenvalue weighted by molar-refractivity contribution is 7.80. The maximum atomic E-state index is 12.6. The van der Waals surface area contributed by atoms with Gasteiger partial charge in [0.2, 0.25) is 4.96 Å². The summed E-state index contributed by atoms with van der Waals surface area (Å²) in [5, 5.41) is 19.7. The summed E-state index contributed by atoms with van der Waals surface area (Å²) < 4.78 is 7.47. The molecule has 0 radical (unpaired) electrons. The fourth-order valence-electron chi connectivity index (χ4n) is 3.02. The number of hydrogen-bond donors (Lipinski definition) is 2. The summed E-state index contributed by atoms with van der Waals surface area (Å²) in [5.74, 6) is 1.59. The van der Waals surface area contributed by atoms with Gasteiger partial charge in [0.05, 0.1) is 6.61 Å². The van der Waals surface area contributed by atoms with E-state index in [4.69, 9.17) is 17.0 Å². The molecule has 0 aliphatic rings. The van der Waals surface area contributed by atoms with Crippen LogP contribution in [0.1, 0.15) is 37.0 Å². The molecular weight excluding hydrogens is 456 g/mol. The van der Waals surface area contributed by atoms with E-state index in [0.717, 1.165) is 33.5 Å². The number of hydrogen-bond acceptors (Lipinski definition) is 7. The molecule has 0 spiro atoms. The maximum Gasteiger partial charge on any atom is 0.257 e. The van der Waals surface area contributed by atoms with E-state index >= 15 is 0 Å². The number of thiocarbonyl (C=S) groups is 1. The highest BCUT2D eigenvalue weighted by Crippen LogP contribution is 2.26. The van der Waals surface area contributed by atoms with Crippen LogP contribution in [0.15, 0.2) is 48.5 Å². The normalized spacial score (nSPS) is 11.0. The summed E-state index contributed by atoms with van der Waals surface area (Å²) in [7, 11) is 0. The molecule has 0 bridgehead atoms. The second-order valence-electron chi connectivity index (χ2n) is 7.79. The molecule has 2 N–H and O–H groups in total. The lowest BCUT2D eigenvalue weighted by Gasteiger charge is -2.12. The smallest absolute Gasteiger partial charge is 0.257 e. The lowest BCUT2D eigenvalue weighted by atomic mass is 10.2. The molecule has 0 aliphatic heterocycles. The van der Waals surface area contributed by atoms with E-state index in [0.29, 0.717) is 23.8 Å². The third-order valence-electron chi connectivity index (χ3n) is 4.67. The van der Waals surface area contributed by atoms with Crippen LogP contribution in [0.4, 0.5) is 5.69 Å². The molecule has 33 heavy (non-hydrogen) atoms. The Morgan fingerprint density at radius 3 is 2.70 bits per heavy atom. The molecule has 170 valence electrons. The van der Waals surface area contributed by atoms with Crippen molar-refractivity contribution in [1.82, 2.24) is 25.1 Å². The summed E-state index contributed by atoms with van der Waals surface area (Å²) in [5.41, 5.74) is 2.20. The van der Waals surface area contributed by atoms with Crippen LogP contribution in [0.25, 0.3) is 15.5 Å². The summed E-state index contributed by atoms with van der Waals surface area (Å²) in [6.45, 7) is 6.75. The number of carbonyl (C=O) groups excluding carboxylic acids is 1. The van der Waals surface area contributed by atoms with Crippen molar-refractivity contribution >= 4 is 45.2 Å². The van der Waals surface area contributed by atoms with Gasteiger partial charge in [-0.15, -0.1) is 10.2 Å². The summed E-state index contributed by atoms with van der Waals surface area (Å²) in [6, 6.07) is 14.7. The minimum Gasteiger partial charge on any atom is -0.493 e. The zero-order valence-electron chi connectivity index (χ0n) is 18.5. The van der Waals surface area contributed by atoms with Crippen molar-refractivity contribution in [3.63, 3.8) is 0 Å². The van der Waals surface area contributed by atoms with E-state index in [9.17, 15) is 4.79 Å². The minimum absolute atomic E-state index is 0.215. The van der Waals surface area contributed by atoms with Crippen LogP contribution in [0.2, 0.25) is 0 Å². The monoisotopic (exact) mass is 480 g/mol. The predicted octanol–water partition coefficient (Wildman–Crippen LogP) is 4.58. The molecule has 8 nitrogen and oxygen atoms in total. The zero-order chi connectivity index (χ0) is 23.4. The SMILES string of the molecule is CCc1nnc2sc(-c3ccc(NC(=S)NC(=O)c4cccc(OCC(C)C)c4)cc3)nn12. The molecule has 2 heterocycles.